The molecule has 250 valence electrons. The van der Waals surface area contributed by atoms with E-state index in [1.807, 2.05) is 60.0 Å². The largest absolute Gasteiger partial charge is 0.481 e. The van der Waals surface area contributed by atoms with Gasteiger partial charge < -0.3 is 27.2 Å². The number of aliphatic carboxylic acids is 1. The molecule has 3 rings (SSSR count). The third-order valence-electron chi connectivity index (χ3n) is 6.36. The van der Waals surface area contributed by atoms with Gasteiger partial charge in [-0.05, 0) is 71.5 Å². The van der Waals surface area contributed by atoms with Crippen molar-refractivity contribution in [3.05, 3.63) is 115 Å². The van der Waals surface area contributed by atoms with E-state index in [2.05, 4.69) is 115 Å². The molecule has 0 aliphatic heterocycles. The van der Waals surface area contributed by atoms with E-state index >= 15 is 0 Å². The van der Waals surface area contributed by atoms with Crippen LogP contribution in [0.4, 0.5) is 0 Å². The number of nitrogens with two attached hydrogens (primary N) is 2. The van der Waals surface area contributed by atoms with E-state index in [1.165, 1.54) is 15.9 Å². The molecule has 3 aromatic carbocycles. The Bertz CT molecular complexity index is 1110. The smallest absolute Gasteiger partial charge is 0.305 e. The van der Waals surface area contributed by atoms with Gasteiger partial charge in [-0.25, -0.2) is 0 Å². The Labute approximate surface area is 275 Å². The highest BCUT2D eigenvalue weighted by atomic mass is 31.2. The molecule has 0 aliphatic carbocycles. The summed E-state index contributed by atoms with van der Waals surface area (Å²) in [6, 6.07) is 33.1. The van der Waals surface area contributed by atoms with E-state index in [4.69, 9.17) is 22.9 Å². The lowest BCUT2D eigenvalue weighted by Crippen LogP contribution is -2.29. The predicted octanol–water partition coefficient (Wildman–Crippen LogP) is 5.77. The van der Waals surface area contributed by atoms with Gasteiger partial charge in [0.05, 0.1) is 5.92 Å². The van der Waals surface area contributed by atoms with E-state index in [1.54, 1.807) is 13.8 Å². The van der Waals surface area contributed by atoms with E-state index in [-0.39, 0.29) is 12.0 Å². The van der Waals surface area contributed by atoms with Gasteiger partial charge in [0, 0.05) is 24.7 Å². The Morgan fingerprint density at radius 3 is 1.22 bits per heavy atom. The Hall–Kier alpha value is -3.25. The second-order valence-corrected chi connectivity index (χ2v) is 13.9. The highest BCUT2D eigenvalue weighted by molar-refractivity contribution is 7.93. The topological polar surface area (TPSA) is 113 Å². The van der Waals surface area contributed by atoms with E-state index < -0.39 is 12.9 Å². The fraction of sp³-hybridized carbons (Fsp3) is 0.368. The SMILES string of the molecule is C/C=C/C(C)N.C/C=C/C(C)NC.C=P(c1ccccc1)(c1ccccc1)c1ccccc1.CC(C)C(=O)O.CNC(C)CN. The van der Waals surface area contributed by atoms with Crippen molar-refractivity contribution in [2.24, 2.45) is 17.4 Å². The molecule has 0 fully saturated rings. The van der Waals surface area contributed by atoms with Crippen LogP contribution in [0.1, 0.15) is 48.5 Å². The first-order valence-electron chi connectivity index (χ1n) is 15.5. The third-order valence-corrected chi connectivity index (χ3v) is 9.90. The molecule has 7 heteroatoms. The van der Waals surface area contributed by atoms with Gasteiger partial charge in [0.25, 0.3) is 0 Å². The van der Waals surface area contributed by atoms with Gasteiger partial charge in [0.15, 0.2) is 0 Å². The molecule has 0 aliphatic rings. The molecule has 3 aromatic rings. The number of hydrogen-bond acceptors (Lipinski definition) is 5. The van der Waals surface area contributed by atoms with Crippen LogP contribution in [-0.4, -0.2) is 56.1 Å². The fourth-order valence-electron chi connectivity index (χ4n) is 3.30. The lowest BCUT2D eigenvalue weighted by atomic mass is 10.2. The minimum Gasteiger partial charge on any atom is -0.481 e. The molecule has 45 heavy (non-hydrogen) atoms. The molecule has 7 N–H and O–H groups in total. The fourth-order valence-corrected chi connectivity index (χ4v) is 6.24. The molecule has 0 bridgehead atoms. The standard InChI is InChI=1S/C19H17P.C6H13N.C5H11N.C4H12N2.C4H8O2/c1-20(17-11-5-2-6-12-17,18-13-7-3-8-14-18)19-15-9-4-10-16-19;1-4-5-6(2)7-3;1-3-4-5(2)6;1-4(3-5)6-2;1-3(2)4(5)6/h2-16H,1H2;4-7H,1-3H3;3-5H,6H2,1-2H3;4,6H,3,5H2,1-2H3;3H,1-2H3,(H,5,6)/b;5-4+;4-3+;;. The first-order valence-corrected chi connectivity index (χ1v) is 17.5. The van der Waals surface area contributed by atoms with E-state index in [0.29, 0.717) is 12.1 Å². The summed E-state index contributed by atoms with van der Waals surface area (Å²) in [5.74, 6) is -0.972. The summed E-state index contributed by atoms with van der Waals surface area (Å²) >= 11 is 0. The maximum absolute atomic E-state index is 9.70. The summed E-state index contributed by atoms with van der Waals surface area (Å²) in [6.07, 6.45) is 12.7. The molecule has 0 saturated heterocycles. The summed E-state index contributed by atoms with van der Waals surface area (Å²) in [4.78, 5) is 9.70. The van der Waals surface area contributed by atoms with Gasteiger partial charge in [-0.15, -0.1) is 0 Å². The highest BCUT2D eigenvalue weighted by Crippen LogP contribution is 2.41. The van der Waals surface area contributed by atoms with Crippen LogP contribution < -0.4 is 38.0 Å². The van der Waals surface area contributed by atoms with Crippen molar-refractivity contribution in [3.63, 3.8) is 0 Å². The van der Waals surface area contributed by atoms with Gasteiger partial charge in [-0.3, -0.25) is 4.79 Å². The second-order valence-electron chi connectivity index (χ2n) is 10.7. The molecule has 0 amide bonds. The predicted molar refractivity (Wildman–Crippen MR) is 204 cm³/mol. The monoisotopic (exact) mass is 636 g/mol. The molecule has 0 radical (unpaired) electrons. The van der Waals surface area contributed by atoms with Crippen LogP contribution in [0.5, 0.6) is 0 Å². The molecular weight excluding hydrogens is 575 g/mol. The maximum Gasteiger partial charge on any atom is 0.305 e. The first kappa shape index (κ1) is 43.9. The van der Waals surface area contributed by atoms with Crippen molar-refractivity contribution < 1.29 is 9.90 Å². The summed E-state index contributed by atoms with van der Waals surface area (Å²) in [5.41, 5.74) is 10.5. The summed E-state index contributed by atoms with van der Waals surface area (Å²) in [7, 11) is 3.85. The number of carboxylic acids is 1. The number of allylic oxidation sites excluding steroid dienone is 2. The number of carboxylic acid groups (broad SMARTS) is 1. The molecular formula is C38H61N4O2P. The van der Waals surface area contributed by atoms with Crippen molar-refractivity contribution in [1.82, 2.24) is 10.6 Å². The number of hydrogen-bond donors (Lipinski definition) is 5. The van der Waals surface area contributed by atoms with Gasteiger partial charge >= 0.3 is 5.97 Å². The minimum absolute atomic E-state index is 0.218. The molecule has 0 heterocycles. The lowest BCUT2D eigenvalue weighted by molar-refractivity contribution is -0.140. The van der Waals surface area contributed by atoms with Crippen molar-refractivity contribution >= 4 is 35.1 Å². The average Bonchev–Trinajstić information content (AvgIpc) is 3.06. The number of benzene rings is 3. The van der Waals surface area contributed by atoms with Crippen molar-refractivity contribution in [1.29, 1.82) is 0 Å². The Morgan fingerprint density at radius 1 is 0.756 bits per heavy atom. The van der Waals surface area contributed by atoms with Gasteiger partial charge in [-0.2, -0.15) is 0 Å². The van der Waals surface area contributed by atoms with Crippen LogP contribution in [0.15, 0.2) is 115 Å². The van der Waals surface area contributed by atoms with Crippen molar-refractivity contribution in [3.8, 4) is 0 Å². The molecule has 0 aromatic heterocycles. The Balaban J connectivity index is 0. The summed E-state index contributed by atoms with van der Waals surface area (Å²) in [5, 5.41) is 18.0. The Kier molecular flexibility index (Phi) is 26.4. The van der Waals surface area contributed by atoms with Crippen LogP contribution in [-0.2, 0) is 4.79 Å². The highest BCUT2D eigenvalue weighted by Gasteiger charge is 2.21. The number of likely N-dealkylation sites (N-methyl/N-ethyl adjacent to an activating group) is 2. The second kappa shape index (κ2) is 27.1. The maximum atomic E-state index is 9.70. The third kappa shape index (κ3) is 20.4. The lowest BCUT2D eigenvalue weighted by Gasteiger charge is -2.26. The zero-order valence-electron chi connectivity index (χ0n) is 29.2. The molecule has 0 spiro atoms. The van der Waals surface area contributed by atoms with Crippen molar-refractivity contribution in [2.45, 2.75) is 66.6 Å². The minimum atomic E-state index is -1.78. The first-order chi connectivity index (χ1) is 21.3. The average molecular weight is 637 g/mol. The molecule has 3 unspecified atom stereocenters. The molecule has 3 atom stereocenters. The van der Waals surface area contributed by atoms with Crippen LogP contribution in [0.25, 0.3) is 0 Å². The zero-order chi connectivity index (χ0) is 34.7. The zero-order valence-corrected chi connectivity index (χ0v) is 30.0. The van der Waals surface area contributed by atoms with Crippen LogP contribution >= 0.6 is 6.89 Å². The van der Waals surface area contributed by atoms with Gasteiger partial charge in [0.2, 0.25) is 0 Å². The van der Waals surface area contributed by atoms with E-state index in [0.717, 1.165) is 6.54 Å². The van der Waals surface area contributed by atoms with Crippen molar-refractivity contribution in [2.75, 3.05) is 20.6 Å². The summed E-state index contributed by atoms with van der Waals surface area (Å²) in [6.45, 7) is 12.3. The normalized spacial score (nSPS) is 12.6. The van der Waals surface area contributed by atoms with Gasteiger partial charge in [0.1, 0.15) is 0 Å². The van der Waals surface area contributed by atoms with Gasteiger partial charge in [-0.1, -0.05) is 135 Å². The quantitative estimate of drug-likeness (QED) is 0.151. The summed E-state index contributed by atoms with van der Waals surface area (Å²) < 4.78 is 0. The Morgan fingerprint density at radius 2 is 1.09 bits per heavy atom. The van der Waals surface area contributed by atoms with Crippen LogP contribution in [0.2, 0.25) is 0 Å². The van der Waals surface area contributed by atoms with E-state index in [9.17, 15) is 4.79 Å². The van der Waals surface area contributed by atoms with Crippen LogP contribution in [0.3, 0.4) is 0 Å². The van der Waals surface area contributed by atoms with Crippen LogP contribution in [0, 0.1) is 5.92 Å². The number of rotatable bonds is 9. The number of nitrogens with one attached hydrogen (secondary N) is 2. The number of carbonyl (C=O) groups is 1. The molecule has 6 nitrogen and oxygen atoms in total. The molecule has 0 saturated carbocycles.